The van der Waals surface area contributed by atoms with Crippen LogP contribution in [-0.2, 0) is 11.8 Å². The number of aromatic nitrogens is 2. The van der Waals surface area contributed by atoms with Crippen LogP contribution in [0.25, 0.3) is 0 Å². The van der Waals surface area contributed by atoms with E-state index in [9.17, 15) is 9.59 Å². The Morgan fingerprint density at radius 1 is 1.40 bits per heavy atom. The molecule has 1 aromatic rings. The largest absolute Gasteiger partial charge is 0.481 e. The van der Waals surface area contributed by atoms with Gasteiger partial charge in [-0.05, 0) is 19.3 Å². The Hall–Kier alpha value is -1.56. The molecule has 0 radical (unpaired) electrons. The van der Waals surface area contributed by atoms with Gasteiger partial charge in [-0.15, -0.1) is 0 Å². The summed E-state index contributed by atoms with van der Waals surface area (Å²) in [5.74, 6) is -1.53. The second-order valence-electron chi connectivity index (χ2n) is 5.46. The van der Waals surface area contributed by atoms with Crippen molar-refractivity contribution in [3.8, 4) is 0 Å². The number of halogens is 1. The summed E-state index contributed by atoms with van der Waals surface area (Å²) in [6.45, 7) is 4.48. The molecule has 1 fully saturated rings. The Labute approximate surface area is 122 Å². The fraction of sp³-hybridized carbons (Fsp3) is 0.615. The van der Waals surface area contributed by atoms with Crippen molar-refractivity contribution in [1.82, 2.24) is 14.7 Å². The van der Waals surface area contributed by atoms with Gasteiger partial charge in [0.1, 0.15) is 0 Å². The van der Waals surface area contributed by atoms with Crippen LogP contribution in [0.5, 0.6) is 0 Å². The van der Waals surface area contributed by atoms with E-state index in [0.29, 0.717) is 18.0 Å². The van der Waals surface area contributed by atoms with E-state index in [-0.39, 0.29) is 24.1 Å². The van der Waals surface area contributed by atoms with Gasteiger partial charge in [-0.3, -0.25) is 14.3 Å². The predicted octanol–water partition coefficient (Wildman–Crippen LogP) is 1.56. The summed E-state index contributed by atoms with van der Waals surface area (Å²) < 4.78 is 1.55. The van der Waals surface area contributed by atoms with E-state index in [1.807, 2.05) is 6.92 Å². The smallest absolute Gasteiger partial charge is 0.308 e. The number of carboxylic acids is 1. The van der Waals surface area contributed by atoms with Crippen LogP contribution in [-0.4, -0.2) is 44.8 Å². The van der Waals surface area contributed by atoms with Crippen molar-refractivity contribution in [2.75, 3.05) is 13.1 Å². The zero-order valence-electron chi connectivity index (χ0n) is 11.8. The van der Waals surface area contributed by atoms with E-state index in [1.54, 1.807) is 23.6 Å². The first-order valence-electron chi connectivity index (χ1n) is 6.52. The molecule has 0 bridgehead atoms. The average Bonchev–Trinajstić information content (AvgIpc) is 2.65. The van der Waals surface area contributed by atoms with Gasteiger partial charge in [-0.25, -0.2) is 0 Å². The molecule has 110 valence electrons. The van der Waals surface area contributed by atoms with Gasteiger partial charge in [0, 0.05) is 20.1 Å². The minimum absolute atomic E-state index is 0.150. The summed E-state index contributed by atoms with van der Waals surface area (Å²) in [5, 5.41) is 13.6. The Bertz CT molecular complexity index is 555. The highest BCUT2D eigenvalue weighted by Gasteiger charge is 2.34. The molecule has 2 rings (SSSR count). The average molecular weight is 300 g/mol. The van der Waals surface area contributed by atoms with Crippen molar-refractivity contribution in [2.45, 2.75) is 20.3 Å². The normalized spacial score (nSPS) is 22.9. The Morgan fingerprint density at radius 3 is 2.55 bits per heavy atom. The van der Waals surface area contributed by atoms with Gasteiger partial charge in [0.05, 0.1) is 16.6 Å². The van der Waals surface area contributed by atoms with Crippen molar-refractivity contribution in [2.24, 2.45) is 18.9 Å². The first-order valence-corrected chi connectivity index (χ1v) is 6.90. The summed E-state index contributed by atoms with van der Waals surface area (Å²) in [6.07, 6.45) is 0.591. The van der Waals surface area contributed by atoms with Gasteiger partial charge in [0.25, 0.3) is 5.91 Å². The quantitative estimate of drug-likeness (QED) is 0.899. The molecule has 0 aliphatic carbocycles. The molecule has 1 amide bonds. The highest BCUT2D eigenvalue weighted by Crippen LogP contribution is 2.26. The number of likely N-dealkylation sites (tertiary alicyclic amines) is 1. The van der Waals surface area contributed by atoms with Crippen LogP contribution in [0.3, 0.4) is 0 Å². The maximum Gasteiger partial charge on any atom is 0.308 e. The van der Waals surface area contributed by atoms with Crippen LogP contribution in [0.2, 0.25) is 5.02 Å². The lowest BCUT2D eigenvalue weighted by Gasteiger charge is -2.34. The van der Waals surface area contributed by atoms with Gasteiger partial charge in [0.2, 0.25) is 0 Å². The summed E-state index contributed by atoms with van der Waals surface area (Å²) in [4.78, 5) is 25.2. The number of amides is 1. The summed E-state index contributed by atoms with van der Waals surface area (Å²) in [7, 11) is 1.72. The van der Waals surface area contributed by atoms with Crippen molar-refractivity contribution < 1.29 is 14.7 Å². The third kappa shape index (κ3) is 2.65. The second-order valence-corrected chi connectivity index (χ2v) is 5.84. The first-order chi connectivity index (χ1) is 9.31. The van der Waals surface area contributed by atoms with Crippen molar-refractivity contribution in [3.63, 3.8) is 0 Å². The van der Waals surface area contributed by atoms with Gasteiger partial charge >= 0.3 is 5.97 Å². The van der Waals surface area contributed by atoms with Crippen LogP contribution < -0.4 is 0 Å². The van der Waals surface area contributed by atoms with Crippen molar-refractivity contribution in [3.05, 3.63) is 16.4 Å². The highest BCUT2D eigenvalue weighted by molar-refractivity contribution is 6.34. The summed E-state index contributed by atoms with van der Waals surface area (Å²) in [5.41, 5.74) is 0.916. The number of rotatable bonds is 2. The molecule has 1 aliphatic heterocycles. The van der Waals surface area contributed by atoms with E-state index in [0.717, 1.165) is 5.69 Å². The van der Waals surface area contributed by atoms with E-state index < -0.39 is 11.9 Å². The highest BCUT2D eigenvalue weighted by atomic mass is 35.5. The molecule has 1 saturated heterocycles. The molecule has 0 spiro atoms. The third-order valence-corrected chi connectivity index (χ3v) is 4.21. The van der Waals surface area contributed by atoms with E-state index in [1.165, 1.54) is 0 Å². The number of carbonyl (C=O) groups is 2. The molecule has 1 aromatic heterocycles. The first kappa shape index (κ1) is 14.8. The molecule has 1 N–H and O–H groups in total. The Balaban J connectivity index is 2.23. The molecule has 2 unspecified atom stereocenters. The zero-order chi connectivity index (χ0) is 15.0. The molecule has 20 heavy (non-hydrogen) atoms. The van der Waals surface area contributed by atoms with Gasteiger partial charge in [0.15, 0.2) is 5.69 Å². The molecular formula is C13H18ClN3O3. The van der Waals surface area contributed by atoms with Gasteiger partial charge < -0.3 is 10.0 Å². The molecule has 7 heteroatoms. The van der Waals surface area contributed by atoms with Crippen LogP contribution in [0, 0.1) is 18.8 Å². The molecule has 2 heterocycles. The molecule has 0 saturated carbocycles. The topological polar surface area (TPSA) is 75.4 Å². The lowest BCUT2D eigenvalue weighted by Crippen LogP contribution is -2.45. The molecular weight excluding hydrogens is 282 g/mol. The minimum atomic E-state index is -0.863. The monoisotopic (exact) mass is 299 g/mol. The summed E-state index contributed by atoms with van der Waals surface area (Å²) in [6, 6.07) is 0. The van der Waals surface area contributed by atoms with E-state index in [2.05, 4.69) is 5.10 Å². The minimum Gasteiger partial charge on any atom is -0.481 e. The molecule has 6 nitrogen and oxygen atoms in total. The van der Waals surface area contributed by atoms with E-state index in [4.69, 9.17) is 16.7 Å². The zero-order valence-corrected chi connectivity index (χ0v) is 12.5. The second kappa shape index (κ2) is 5.44. The molecule has 0 aromatic carbocycles. The molecule has 2 atom stereocenters. The number of aliphatic carboxylic acids is 1. The van der Waals surface area contributed by atoms with Gasteiger partial charge in [-0.2, -0.15) is 5.10 Å². The van der Waals surface area contributed by atoms with Crippen LogP contribution in [0.15, 0.2) is 0 Å². The number of nitrogens with zero attached hydrogens (tertiary/aromatic N) is 3. The summed E-state index contributed by atoms with van der Waals surface area (Å²) >= 11 is 6.12. The van der Waals surface area contributed by atoms with Crippen LogP contribution in [0.4, 0.5) is 0 Å². The number of carbonyl (C=O) groups excluding carboxylic acids is 1. The number of piperidine rings is 1. The SMILES string of the molecule is Cc1c(Cl)c(C(=O)N2CC(C)CC(C(=O)O)C2)nn1C. The Morgan fingerprint density at radius 2 is 2.05 bits per heavy atom. The standard InChI is InChI=1S/C13H18ClN3O3/c1-7-4-9(13(19)20)6-17(5-7)12(18)11-10(14)8(2)16(3)15-11/h7,9H,4-6H2,1-3H3,(H,19,20). The van der Waals surface area contributed by atoms with Gasteiger partial charge in [-0.1, -0.05) is 18.5 Å². The maximum absolute atomic E-state index is 12.5. The van der Waals surface area contributed by atoms with Crippen LogP contribution in [0.1, 0.15) is 29.5 Å². The van der Waals surface area contributed by atoms with Crippen molar-refractivity contribution in [1.29, 1.82) is 0 Å². The number of carboxylic acid groups (broad SMARTS) is 1. The number of aryl methyl sites for hydroxylation is 1. The fourth-order valence-corrected chi connectivity index (χ4v) is 2.81. The molecule has 1 aliphatic rings. The van der Waals surface area contributed by atoms with Crippen LogP contribution >= 0.6 is 11.6 Å². The number of hydrogen-bond donors (Lipinski definition) is 1. The Kier molecular flexibility index (Phi) is 4.04. The lowest BCUT2D eigenvalue weighted by atomic mass is 9.90. The maximum atomic E-state index is 12.5. The lowest BCUT2D eigenvalue weighted by molar-refractivity contribution is -0.143. The third-order valence-electron chi connectivity index (χ3n) is 3.76. The number of hydrogen-bond acceptors (Lipinski definition) is 3. The van der Waals surface area contributed by atoms with Crippen molar-refractivity contribution >= 4 is 23.5 Å². The predicted molar refractivity (Wildman–Crippen MR) is 73.8 cm³/mol. The van der Waals surface area contributed by atoms with E-state index >= 15 is 0 Å². The fourth-order valence-electron chi connectivity index (χ4n) is 2.57.